The fourth-order valence-corrected chi connectivity index (χ4v) is 4.39. The Morgan fingerprint density at radius 1 is 0.964 bits per heavy atom. The maximum atomic E-state index is 10.5. The van der Waals surface area contributed by atoms with E-state index >= 15 is 0 Å². The monoisotopic (exact) mass is 377 g/mol. The van der Waals surface area contributed by atoms with Crippen LogP contribution in [0.3, 0.4) is 0 Å². The highest BCUT2D eigenvalue weighted by atomic mass is 16.5. The van der Waals surface area contributed by atoms with Crippen LogP contribution in [-0.4, -0.2) is 40.6 Å². The van der Waals surface area contributed by atoms with Crippen LogP contribution < -0.4 is 14.8 Å². The number of ether oxygens (including phenoxy) is 2. The zero-order chi connectivity index (χ0) is 19.1. The van der Waals surface area contributed by atoms with Gasteiger partial charge in [-0.1, -0.05) is 6.07 Å². The Bertz CT molecular complexity index is 994. The molecule has 2 aromatic carbocycles. The molecule has 0 radical (unpaired) electrons. The van der Waals surface area contributed by atoms with E-state index < -0.39 is 0 Å². The lowest BCUT2D eigenvalue weighted by Gasteiger charge is -2.28. The predicted molar refractivity (Wildman–Crippen MR) is 107 cm³/mol. The number of piperidine rings is 1. The van der Waals surface area contributed by atoms with Crippen LogP contribution in [0.2, 0.25) is 0 Å². The van der Waals surface area contributed by atoms with Gasteiger partial charge in [-0.15, -0.1) is 10.2 Å². The van der Waals surface area contributed by atoms with Crippen LogP contribution in [0.15, 0.2) is 42.5 Å². The molecule has 0 amide bonds. The minimum Gasteiger partial charge on any atom is -0.507 e. The summed E-state index contributed by atoms with van der Waals surface area (Å²) in [6.07, 6.45) is 4.72. The molecule has 144 valence electrons. The van der Waals surface area contributed by atoms with Crippen molar-refractivity contribution in [3.63, 3.8) is 0 Å². The van der Waals surface area contributed by atoms with Crippen molar-refractivity contribution < 1.29 is 14.6 Å². The van der Waals surface area contributed by atoms with Crippen LogP contribution in [0.1, 0.15) is 25.7 Å². The third-order valence-electron chi connectivity index (χ3n) is 5.80. The van der Waals surface area contributed by atoms with E-state index in [0.29, 0.717) is 29.2 Å². The van der Waals surface area contributed by atoms with Crippen molar-refractivity contribution in [3.05, 3.63) is 42.5 Å². The molecule has 0 saturated carbocycles. The number of phenolic OH excluding ortho intramolecular Hbond substituents is 1. The number of aromatic nitrogens is 2. The fraction of sp³-hybridized carbons (Fsp3) is 0.364. The molecule has 2 aliphatic rings. The Morgan fingerprint density at radius 3 is 2.50 bits per heavy atom. The van der Waals surface area contributed by atoms with Crippen molar-refractivity contribution in [2.75, 3.05) is 7.11 Å². The van der Waals surface area contributed by atoms with Gasteiger partial charge in [-0.05, 0) is 66.8 Å². The summed E-state index contributed by atoms with van der Waals surface area (Å²) in [5.41, 5.74) is 1.27. The van der Waals surface area contributed by atoms with Gasteiger partial charge in [-0.25, -0.2) is 0 Å². The summed E-state index contributed by atoms with van der Waals surface area (Å²) in [5.74, 6) is 1.46. The number of benzene rings is 2. The van der Waals surface area contributed by atoms with Crippen LogP contribution in [0, 0.1) is 0 Å². The summed E-state index contributed by atoms with van der Waals surface area (Å²) in [5, 5.41) is 24.5. The number of hydrogen-bond acceptors (Lipinski definition) is 6. The number of hydrogen-bond donors (Lipinski definition) is 2. The third kappa shape index (κ3) is 3.24. The van der Waals surface area contributed by atoms with Crippen LogP contribution in [0.4, 0.5) is 0 Å². The van der Waals surface area contributed by atoms with Crippen molar-refractivity contribution >= 4 is 10.8 Å². The highest BCUT2D eigenvalue weighted by Gasteiger charge is 2.34. The standard InChI is InChI=1S/C22H23N3O3/c1-27-17-5-2-13-9-19(21(26)10-14(13)8-17)20-6-7-22(25-24-20)28-18-11-15-3-4-16(12-18)23-15/h2,5-10,15-16,18,23,26H,3-4,11-12H2,1H3/t15-,16+,18?. The van der Waals surface area contributed by atoms with Crippen molar-refractivity contribution in [1.29, 1.82) is 0 Å². The average molecular weight is 377 g/mol. The first-order valence-corrected chi connectivity index (χ1v) is 9.75. The summed E-state index contributed by atoms with van der Waals surface area (Å²) in [6, 6.07) is 14.2. The van der Waals surface area contributed by atoms with Gasteiger partial charge in [0.05, 0.1) is 12.8 Å². The van der Waals surface area contributed by atoms with Crippen molar-refractivity contribution in [1.82, 2.24) is 15.5 Å². The zero-order valence-corrected chi connectivity index (χ0v) is 15.8. The summed E-state index contributed by atoms with van der Waals surface area (Å²) in [4.78, 5) is 0. The molecule has 2 saturated heterocycles. The number of rotatable bonds is 4. The van der Waals surface area contributed by atoms with Gasteiger partial charge in [0.2, 0.25) is 5.88 Å². The van der Waals surface area contributed by atoms with Gasteiger partial charge in [-0.2, -0.15) is 0 Å². The van der Waals surface area contributed by atoms with E-state index in [1.54, 1.807) is 13.2 Å². The van der Waals surface area contributed by atoms with E-state index in [-0.39, 0.29) is 11.9 Å². The fourth-order valence-electron chi connectivity index (χ4n) is 4.39. The zero-order valence-electron chi connectivity index (χ0n) is 15.8. The van der Waals surface area contributed by atoms with E-state index in [9.17, 15) is 5.11 Å². The van der Waals surface area contributed by atoms with Gasteiger partial charge in [0.25, 0.3) is 0 Å². The molecular weight excluding hydrogens is 354 g/mol. The van der Waals surface area contributed by atoms with Gasteiger partial charge >= 0.3 is 0 Å². The molecule has 1 aromatic heterocycles. The Balaban J connectivity index is 1.37. The minimum absolute atomic E-state index is 0.165. The van der Waals surface area contributed by atoms with Gasteiger partial charge < -0.3 is 19.9 Å². The second-order valence-electron chi connectivity index (χ2n) is 7.69. The minimum atomic E-state index is 0.165. The summed E-state index contributed by atoms with van der Waals surface area (Å²) >= 11 is 0. The van der Waals surface area contributed by atoms with Crippen LogP contribution in [-0.2, 0) is 0 Å². The lowest BCUT2D eigenvalue weighted by atomic mass is 10.0. The second-order valence-corrected chi connectivity index (χ2v) is 7.69. The summed E-state index contributed by atoms with van der Waals surface area (Å²) in [6.45, 7) is 0. The first kappa shape index (κ1) is 17.3. The number of methoxy groups -OCH3 is 1. The molecule has 2 fully saturated rings. The molecule has 5 rings (SSSR count). The Labute approximate surface area is 163 Å². The SMILES string of the molecule is COc1ccc2cc(-c3ccc(OC4C[C@H]5CC[C@@H](C4)N5)nn3)c(O)cc2c1. The molecule has 3 heterocycles. The van der Waals surface area contributed by atoms with E-state index in [1.807, 2.05) is 36.4 Å². The van der Waals surface area contributed by atoms with E-state index in [4.69, 9.17) is 9.47 Å². The van der Waals surface area contributed by atoms with Crippen molar-refractivity contribution in [3.8, 4) is 28.6 Å². The topological polar surface area (TPSA) is 76.5 Å². The largest absolute Gasteiger partial charge is 0.507 e. The predicted octanol–water partition coefficient (Wildman–Crippen LogP) is 3.67. The Hall–Kier alpha value is -2.86. The van der Waals surface area contributed by atoms with Crippen molar-refractivity contribution in [2.24, 2.45) is 0 Å². The number of nitrogens with zero attached hydrogens (tertiary/aromatic N) is 2. The Kier molecular flexibility index (Phi) is 4.28. The molecule has 2 N–H and O–H groups in total. The molecule has 6 heteroatoms. The number of aromatic hydroxyl groups is 1. The quantitative estimate of drug-likeness (QED) is 0.722. The lowest BCUT2D eigenvalue weighted by Crippen LogP contribution is -2.42. The highest BCUT2D eigenvalue weighted by Crippen LogP contribution is 2.34. The smallest absolute Gasteiger partial charge is 0.233 e. The third-order valence-corrected chi connectivity index (χ3v) is 5.80. The molecule has 0 aliphatic carbocycles. The molecule has 0 spiro atoms. The molecule has 3 aromatic rings. The summed E-state index contributed by atoms with van der Waals surface area (Å²) in [7, 11) is 1.63. The van der Waals surface area contributed by atoms with Crippen molar-refractivity contribution in [2.45, 2.75) is 43.9 Å². The first-order chi connectivity index (χ1) is 13.7. The molecule has 6 nitrogen and oxygen atoms in total. The Morgan fingerprint density at radius 2 is 1.79 bits per heavy atom. The van der Waals surface area contributed by atoms with Crippen LogP contribution in [0.5, 0.6) is 17.4 Å². The number of nitrogens with one attached hydrogen (secondary N) is 1. The van der Waals surface area contributed by atoms with Gasteiger partial charge in [-0.3, -0.25) is 0 Å². The molecule has 2 aliphatic heterocycles. The summed E-state index contributed by atoms with van der Waals surface area (Å²) < 4.78 is 11.3. The molecule has 28 heavy (non-hydrogen) atoms. The average Bonchev–Trinajstić information content (AvgIpc) is 3.06. The molecule has 3 atom stereocenters. The normalized spacial score (nSPS) is 23.7. The van der Waals surface area contributed by atoms with E-state index in [1.165, 1.54) is 12.8 Å². The van der Waals surface area contributed by atoms with Crippen LogP contribution >= 0.6 is 0 Å². The van der Waals surface area contributed by atoms with E-state index in [2.05, 4.69) is 15.5 Å². The molecular formula is C22H23N3O3. The van der Waals surface area contributed by atoms with Gasteiger partial charge in [0, 0.05) is 23.7 Å². The van der Waals surface area contributed by atoms with E-state index in [0.717, 1.165) is 29.4 Å². The highest BCUT2D eigenvalue weighted by molar-refractivity contribution is 5.90. The maximum absolute atomic E-state index is 10.5. The first-order valence-electron chi connectivity index (χ1n) is 9.75. The van der Waals surface area contributed by atoms with Gasteiger partial charge in [0.1, 0.15) is 17.6 Å². The molecule has 2 bridgehead atoms. The second kappa shape index (κ2) is 6.95. The number of phenols is 1. The van der Waals surface area contributed by atoms with Gasteiger partial charge in [0.15, 0.2) is 0 Å². The van der Waals surface area contributed by atoms with Crippen LogP contribution in [0.25, 0.3) is 22.0 Å². The number of fused-ring (bicyclic) bond motifs is 3. The maximum Gasteiger partial charge on any atom is 0.233 e. The lowest BCUT2D eigenvalue weighted by molar-refractivity contribution is 0.130. The molecule has 1 unspecified atom stereocenters.